The molecule has 1 fully saturated rings. The lowest BCUT2D eigenvalue weighted by Gasteiger charge is -2.28. The lowest BCUT2D eigenvalue weighted by atomic mass is 10.1. The van der Waals surface area contributed by atoms with Gasteiger partial charge in [-0.3, -0.25) is 4.99 Å². The van der Waals surface area contributed by atoms with Gasteiger partial charge in [-0.1, -0.05) is 53.2 Å². The van der Waals surface area contributed by atoms with Gasteiger partial charge in [0.2, 0.25) is 0 Å². The third kappa shape index (κ3) is 4.33. The van der Waals surface area contributed by atoms with Crippen LogP contribution >= 0.6 is 23.4 Å². The first-order valence-corrected chi connectivity index (χ1v) is 12.3. The minimum Gasteiger partial charge on any atom is -0.313 e. The van der Waals surface area contributed by atoms with Crippen molar-refractivity contribution in [2.45, 2.75) is 30.9 Å². The van der Waals surface area contributed by atoms with Gasteiger partial charge in [0.1, 0.15) is 0 Å². The number of alkyl halides is 3. The van der Waals surface area contributed by atoms with Crippen LogP contribution in [0, 0.1) is 6.92 Å². The van der Waals surface area contributed by atoms with Crippen molar-refractivity contribution in [3.05, 3.63) is 64.2 Å². The Balaban J connectivity index is 1.69. The topological polar surface area (TPSA) is 49.7 Å². The van der Waals surface area contributed by atoms with Gasteiger partial charge in [-0.05, 0) is 30.7 Å². The second-order valence-corrected chi connectivity index (χ2v) is 10.9. The number of fused-ring (bicyclic) bond motifs is 1. The molecule has 2 aromatic rings. The Labute approximate surface area is 182 Å². The highest BCUT2D eigenvalue weighted by atomic mass is 35.5. The van der Waals surface area contributed by atoms with E-state index in [-0.39, 0.29) is 22.2 Å². The van der Waals surface area contributed by atoms with E-state index in [4.69, 9.17) is 11.6 Å². The Kier molecular flexibility index (Phi) is 5.57. The van der Waals surface area contributed by atoms with Crippen molar-refractivity contribution >= 4 is 44.1 Å². The van der Waals surface area contributed by atoms with Gasteiger partial charge >= 0.3 is 6.18 Å². The average Bonchev–Trinajstić information content (AvgIpc) is 3.12. The fraction of sp³-hybridized carbons (Fsp3) is 0.350. The Hall–Kier alpha value is -1.71. The Bertz CT molecular complexity index is 1100. The van der Waals surface area contributed by atoms with Gasteiger partial charge in [-0.15, -0.1) is 0 Å². The molecule has 0 radical (unpaired) electrons. The first-order chi connectivity index (χ1) is 14.0. The van der Waals surface area contributed by atoms with E-state index < -0.39 is 33.7 Å². The number of sulfone groups is 1. The smallest absolute Gasteiger partial charge is 0.313 e. The quantitative estimate of drug-likeness (QED) is 0.632. The fourth-order valence-corrected chi connectivity index (χ4v) is 6.74. The third-order valence-electron chi connectivity index (χ3n) is 5.13. The summed E-state index contributed by atoms with van der Waals surface area (Å²) in [6, 6.07) is 9.93. The number of aryl methyl sites for hydroxylation is 1. The van der Waals surface area contributed by atoms with E-state index in [9.17, 15) is 21.6 Å². The van der Waals surface area contributed by atoms with Crippen LogP contribution in [0.15, 0.2) is 47.5 Å². The lowest BCUT2D eigenvalue weighted by Crippen LogP contribution is -2.39. The molecule has 0 unspecified atom stereocenters. The number of anilines is 1. The maximum absolute atomic E-state index is 13.3. The van der Waals surface area contributed by atoms with Gasteiger partial charge in [0.05, 0.1) is 39.9 Å². The molecular weight excluding hydrogens is 457 g/mol. The monoisotopic (exact) mass is 474 g/mol. The van der Waals surface area contributed by atoms with E-state index in [1.54, 1.807) is 4.90 Å². The zero-order valence-electron chi connectivity index (χ0n) is 15.9. The molecular formula is C20H18ClF3N2O2S2. The minimum atomic E-state index is -4.54. The Morgan fingerprint density at radius 2 is 1.87 bits per heavy atom. The summed E-state index contributed by atoms with van der Waals surface area (Å²) in [5, 5.41) is 0.610. The molecule has 0 bridgehead atoms. The molecule has 2 aromatic carbocycles. The average molecular weight is 475 g/mol. The number of nitrogens with zero attached hydrogens (tertiary/aromatic N) is 2. The van der Waals surface area contributed by atoms with Crippen LogP contribution in [-0.2, 0) is 21.8 Å². The van der Waals surface area contributed by atoms with Crippen LogP contribution in [0.4, 0.5) is 18.9 Å². The number of thioether (sulfide) groups is 1. The van der Waals surface area contributed by atoms with Crippen molar-refractivity contribution in [1.82, 2.24) is 0 Å². The van der Waals surface area contributed by atoms with Gasteiger partial charge in [-0.25, -0.2) is 8.42 Å². The molecule has 10 heteroatoms. The highest BCUT2D eigenvalue weighted by Crippen LogP contribution is 2.41. The molecule has 2 heterocycles. The van der Waals surface area contributed by atoms with Crippen molar-refractivity contribution in [3.8, 4) is 0 Å². The summed E-state index contributed by atoms with van der Waals surface area (Å²) in [5.74, 6) is 0.278. The molecule has 4 nitrogen and oxygen atoms in total. The fourth-order valence-electron chi connectivity index (χ4n) is 3.62. The summed E-state index contributed by atoms with van der Waals surface area (Å²) >= 11 is 7.63. The first kappa shape index (κ1) is 21.5. The number of hydrogen-bond donors (Lipinski definition) is 0. The maximum atomic E-state index is 13.3. The first-order valence-electron chi connectivity index (χ1n) is 9.16. The van der Waals surface area contributed by atoms with E-state index in [0.717, 1.165) is 23.3 Å². The number of halogens is 4. The van der Waals surface area contributed by atoms with Crippen molar-refractivity contribution in [3.63, 3.8) is 0 Å². The van der Waals surface area contributed by atoms with Crippen LogP contribution in [0.5, 0.6) is 0 Å². The molecule has 30 heavy (non-hydrogen) atoms. The van der Waals surface area contributed by atoms with Crippen LogP contribution in [-0.4, -0.2) is 37.2 Å². The van der Waals surface area contributed by atoms with E-state index in [1.807, 2.05) is 31.2 Å². The molecule has 2 atom stereocenters. The van der Waals surface area contributed by atoms with Crippen LogP contribution in [0.25, 0.3) is 0 Å². The van der Waals surface area contributed by atoms with Gasteiger partial charge < -0.3 is 4.90 Å². The molecule has 160 valence electrons. The van der Waals surface area contributed by atoms with Crippen molar-refractivity contribution in [2.75, 3.05) is 16.4 Å². The number of amidine groups is 1. The van der Waals surface area contributed by atoms with Gasteiger partial charge in [0, 0.05) is 5.75 Å². The summed E-state index contributed by atoms with van der Waals surface area (Å²) < 4.78 is 64.1. The van der Waals surface area contributed by atoms with E-state index >= 15 is 0 Å². The van der Waals surface area contributed by atoms with Gasteiger partial charge in [0.15, 0.2) is 15.0 Å². The van der Waals surface area contributed by atoms with E-state index in [2.05, 4.69) is 4.99 Å². The molecule has 0 spiro atoms. The predicted octanol–water partition coefficient (Wildman–Crippen LogP) is 4.94. The molecule has 0 saturated carbocycles. The zero-order valence-corrected chi connectivity index (χ0v) is 18.2. The van der Waals surface area contributed by atoms with E-state index in [1.165, 1.54) is 17.8 Å². The van der Waals surface area contributed by atoms with E-state index in [0.29, 0.717) is 10.9 Å². The molecule has 1 saturated heterocycles. The molecule has 2 aliphatic heterocycles. The number of rotatable bonds is 3. The summed E-state index contributed by atoms with van der Waals surface area (Å²) in [7, 11) is -3.32. The van der Waals surface area contributed by atoms with Gasteiger partial charge in [-0.2, -0.15) is 13.2 Å². The normalized spacial score (nSPS) is 22.8. The molecule has 0 N–H and O–H groups in total. The lowest BCUT2D eigenvalue weighted by molar-refractivity contribution is -0.137. The van der Waals surface area contributed by atoms with Crippen molar-refractivity contribution in [1.29, 1.82) is 0 Å². The van der Waals surface area contributed by atoms with Crippen molar-refractivity contribution in [2.24, 2.45) is 4.99 Å². The number of hydrogen-bond acceptors (Lipinski definition) is 5. The minimum absolute atomic E-state index is 0.112. The Morgan fingerprint density at radius 1 is 1.17 bits per heavy atom. The molecule has 4 rings (SSSR count). The van der Waals surface area contributed by atoms with Crippen LogP contribution in [0.3, 0.4) is 0 Å². The summed E-state index contributed by atoms with van der Waals surface area (Å²) in [5.41, 5.74) is 1.45. The second kappa shape index (κ2) is 7.76. The standard InChI is InChI=1S/C20H18ClF3N2O2S2/c1-12-2-4-13(5-3-12)9-29-19-25-16-10-30(27,28)11-18(16)26(19)17-8-14(20(22,23)24)6-7-15(17)21/h2-8,16,18H,9-11H2,1H3/t16-,18+/m1/s1. The highest BCUT2D eigenvalue weighted by molar-refractivity contribution is 8.13. The maximum Gasteiger partial charge on any atom is 0.416 e. The Morgan fingerprint density at radius 3 is 2.53 bits per heavy atom. The van der Waals surface area contributed by atoms with Crippen LogP contribution in [0.2, 0.25) is 5.02 Å². The highest BCUT2D eigenvalue weighted by Gasteiger charge is 2.48. The predicted molar refractivity (Wildman–Crippen MR) is 115 cm³/mol. The largest absolute Gasteiger partial charge is 0.416 e. The number of aliphatic imine (C=N–C) groups is 1. The molecule has 0 amide bonds. The molecule has 0 aliphatic carbocycles. The summed E-state index contributed by atoms with van der Waals surface area (Å²) in [4.78, 5) is 6.13. The van der Waals surface area contributed by atoms with Crippen LogP contribution in [0.1, 0.15) is 16.7 Å². The van der Waals surface area contributed by atoms with Crippen LogP contribution < -0.4 is 4.90 Å². The molecule has 2 aliphatic rings. The second-order valence-electron chi connectivity index (χ2n) is 7.43. The zero-order chi connectivity index (χ0) is 21.7. The summed E-state index contributed by atoms with van der Waals surface area (Å²) in [6.07, 6.45) is -4.54. The summed E-state index contributed by atoms with van der Waals surface area (Å²) in [6.45, 7) is 1.98. The number of benzene rings is 2. The van der Waals surface area contributed by atoms with Gasteiger partial charge in [0.25, 0.3) is 0 Å². The molecule has 0 aromatic heterocycles. The third-order valence-corrected chi connectivity index (χ3v) is 8.19. The SMILES string of the molecule is Cc1ccc(CSC2=N[C@@H]3CS(=O)(=O)C[C@@H]3N2c2cc(C(F)(F)F)ccc2Cl)cc1. The van der Waals surface area contributed by atoms with Crippen molar-refractivity contribution < 1.29 is 21.6 Å².